The molecule has 1 N–H and O–H groups in total. The van der Waals surface area contributed by atoms with Gasteiger partial charge in [-0.15, -0.1) is 0 Å². The van der Waals surface area contributed by atoms with E-state index in [0.717, 1.165) is 38.2 Å². The number of methoxy groups -OCH3 is 1. The minimum Gasteiger partial charge on any atom is -0.390 e. The fourth-order valence-electron chi connectivity index (χ4n) is 2.18. The molecule has 0 aliphatic heterocycles. The van der Waals surface area contributed by atoms with Gasteiger partial charge in [-0.05, 0) is 31.6 Å². The molecule has 0 aromatic carbocycles. The molecule has 1 fully saturated rings. The molecule has 0 amide bonds. The summed E-state index contributed by atoms with van der Waals surface area (Å²) in [7, 11) is 1.70. The predicted molar refractivity (Wildman–Crippen MR) is 59.9 cm³/mol. The third-order valence-corrected chi connectivity index (χ3v) is 3.27. The summed E-state index contributed by atoms with van der Waals surface area (Å²) in [5.41, 5.74) is 0. The van der Waals surface area contributed by atoms with E-state index in [0.29, 0.717) is 6.61 Å². The Kier molecular flexibility index (Phi) is 6.22. The maximum absolute atomic E-state index is 9.78. The minimum absolute atomic E-state index is 0.0561. The number of aliphatic hydroxyl groups excluding tert-OH is 1. The second-order valence-electron chi connectivity index (χ2n) is 4.41. The smallest absolute Gasteiger partial charge is 0.0836 e. The van der Waals surface area contributed by atoms with Gasteiger partial charge >= 0.3 is 0 Å². The molecule has 0 heterocycles. The molecular weight excluding hydrogens is 192 g/mol. The molecule has 3 heteroatoms. The van der Waals surface area contributed by atoms with Gasteiger partial charge in [0.05, 0.1) is 12.2 Å². The maximum Gasteiger partial charge on any atom is 0.0836 e. The van der Waals surface area contributed by atoms with Crippen LogP contribution in [0.2, 0.25) is 0 Å². The van der Waals surface area contributed by atoms with Gasteiger partial charge in [0.2, 0.25) is 0 Å². The molecule has 0 aromatic rings. The predicted octanol–water partition coefficient (Wildman–Crippen LogP) is 1.98. The van der Waals surface area contributed by atoms with Crippen molar-refractivity contribution in [1.29, 1.82) is 0 Å². The first kappa shape index (κ1) is 12.9. The van der Waals surface area contributed by atoms with Crippen LogP contribution in [0.5, 0.6) is 0 Å². The van der Waals surface area contributed by atoms with Crippen LogP contribution in [-0.4, -0.2) is 37.6 Å². The summed E-state index contributed by atoms with van der Waals surface area (Å²) in [6, 6.07) is 0. The van der Waals surface area contributed by atoms with Crippen LogP contribution in [0.1, 0.15) is 39.0 Å². The van der Waals surface area contributed by atoms with Gasteiger partial charge in [0, 0.05) is 20.3 Å². The van der Waals surface area contributed by atoms with Crippen LogP contribution in [0.25, 0.3) is 0 Å². The standard InChI is InChI=1S/C12H24O3/c1-3-10-5-6-11(13)12(9-10)15-8-4-7-14-2/h10-13H,3-9H2,1-2H3. The van der Waals surface area contributed by atoms with E-state index >= 15 is 0 Å². The lowest BCUT2D eigenvalue weighted by Crippen LogP contribution is -2.36. The summed E-state index contributed by atoms with van der Waals surface area (Å²) in [5, 5.41) is 9.78. The molecule has 0 bridgehead atoms. The third kappa shape index (κ3) is 4.49. The Hall–Kier alpha value is -0.120. The number of hydrogen-bond acceptors (Lipinski definition) is 3. The number of rotatable bonds is 6. The minimum atomic E-state index is -0.254. The fraction of sp³-hybridized carbons (Fsp3) is 1.00. The molecule has 0 radical (unpaired) electrons. The monoisotopic (exact) mass is 216 g/mol. The summed E-state index contributed by atoms with van der Waals surface area (Å²) in [6.07, 6.45) is 4.98. The second kappa shape index (κ2) is 7.20. The Bertz CT molecular complexity index is 161. The first-order valence-electron chi connectivity index (χ1n) is 6.06. The fourth-order valence-corrected chi connectivity index (χ4v) is 2.18. The third-order valence-electron chi connectivity index (χ3n) is 3.27. The molecule has 0 spiro atoms. The van der Waals surface area contributed by atoms with Gasteiger partial charge in [0.1, 0.15) is 0 Å². The molecule has 1 aliphatic carbocycles. The molecule has 1 saturated carbocycles. The van der Waals surface area contributed by atoms with Crippen molar-refractivity contribution < 1.29 is 14.6 Å². The van der Waals surface area contributed by atoms with E-state index in [1.165, 1.54) is 6.42 Å². The highest BCUT2D eigenvalue weighted by atomic mass is 16.5. The van der Waals surface area contributed by atoms with Crippen LogP contribution in [0.4, 0.5) is 0 Å². The molecule has 1 rings (SSSR count). The number of ether oxygens (including phenoxy) is 2. The van der Waals surface area contributed by atoms with E-state index in [9.17, 15) is 5.11 Å². The molecule has 3 atom stereocenters. The number of aliphatic hydroxyl groups is 1. The van der Waals surface area contributed by atoms with Crippen molar-refractivity contribution >= 4 is 0 Å². The van der Waals surface area contributed by atoms with Gasteiger partial charge in [0.25, 0.3) is 0 Å². The van der Waals surface area contributed by atoms with Crippen molar-refractivity contribution in [3.8, 4) is 0 Å². The highest BCUT2D eigenvalue weighted by Crippen LogP contribution is 2.28. The van der Waals surface area contributed by atoms with Crippen molar-refractivity contribution in [1.82, 2.24) is 0 Å². The number of hydrogen-bond donors (Lipinski definition) is 1. The Balaban J connectivity index is 2.19. The molecule has 3 nitrogen and oxygen atoms in total. The van der Waals surface area contributed by atoms with Crippen LogP contribution in [-0.2, 0) is 9.47 Å². The molecule has 90 valence electrons. The highest BCUT2D eigenvalue weighted by Gasteiger charge is 2.28. The first-order chi connectivity index (χ1) is 7.27. The molecule has 15 heavy (non-hydrogen) atoms. The van der Waals surface area contributed by atoms with Crippen molar-refractivity contribution in [2.45, 2.75) is 51.2 Å². The Labute approximate surface area is 92.8 Å². The van der Waals surface area contributed by atoms with Crippen molar-refractivity contribution in [3.05, 3.63) is 0 Å². The molecule has 1 aliphatic rings. The quantitative estimate of drug-likeness (QED) is 0.690. The molecular formula is C12H24O3. The van der Waals surface area contributed by atoms with Crippen LogP contribution in [0.15, 0.2) is 0 Å². The second-order valence-corrected chi connectivity index (χ2v) is 4.41. The van der Waals surface area contributed by atoms with E-state index in [-0.39, 0.29) is 12.2 Å². The lowest BCUT2D eigenvalue weighted by molar-refractivity contribution is -0.0745. The zero-order chi connectivity index (χ0) is 11.1. The van der Waals surface area contributed by atoms with Crippen molar-refractivity contribution in [2.75, 3.05) is 20.3 Å². The van der Waals surface area contributed by atoms with Gasteiger partial charge in [-0.25, -0.2) is 0 Å². The summed E-state index contributed by atoms with van der Waals surface area (Å²) < 4.78 is 10.7. The maximum atomic E-state index is 9.78. The van der Waals surface area contributed by atoms with Gasteiger partial charge in [-0.1, -0.05) is 13.3 Å². The van der Waals surface area contributed by atoms with Gasteiger partial charge in [0.15, 0.2) is 0 Å². The van der Waals surface area contributed by atoms with Gasteiger partial charge in [-0.2, -0.15) is 0 Å². The molecule has 0 saturated heterocycles. The SMILES string of the molecule is CCC1CCC(O)C(OCCCOC)C1. The van der Waals surface area contributed by atoms with E-state index in [2.05, 4.69) is 6.92 Å². The Morgan fingerprint density at radius 3 is 2.73 bits per heavy atom. The van der Waals surface area contributed by atoms with Crippen LogP contribution >= 0.6 is 0 Å². The molecule has 3 unspecified atom stereocenters. The molecule has 0 aromatic heterocycles. The zero-order valence-electron chi connectivity index (χ0n) is 9.95. The van der Waals surface area contributed by atoms with Crippen LogP contribution in [0, 0.1) is 5.92 Å². The van der Waals surface area contributed by atoms with Crippen molar-refractivity contribution in [2.24, 2.45) is 5.92 Å². The van der Waals surface area contributed by atoms with Gasteiger partial charge < -0.3 is 14.6 Å². The lowest BCUT2D eigenvalue weighted by atomic mass is 9.84. The largest absolute Gasteiger partial charge is 0.390 e. The van der Waals surface area contributed by atoms with Crippen LogP contribution < -0.4 is 0 Å². The van der Waals surface area contributed by atoms with E-state index < -0.39 is 0 Å². The van der Waals surface area contributed by atoms with E-state index in [1.807, 2.05) is 0 Å². The summed E-state index contributed by atoms with van der Waals surface area (Å²) in [4.78, 5) is 0. The Morgan fingerprint density at radius 1 is 1.27 bits per heavy atom. The van der Waals surface area contributed by atoms with Gasteiger partial charge in [-0.3, -0.25) is 0 Å². The van der Waals surface area contributed by atoms with E-state index in [1.54, 1.807) is 7.11 Å². The van der Waals surface area contributed by atoms with Crippen LogP contribution in [0.3, 0.4) is 0 Å². The van der Waals surface area contributed by atoms with E-state index in [4.69, 9.17) is 9.47 Å². The first-order valence-corrected chi connectivity index (χ1v) is 6.06. The zero-order valence-corrected chi connectivity index (χ0v) is 9.95. The summed E-state index contributed by atoms with van der Waals surface area (Å²) in [6.45, 7) is 3.65. The van der Waals surface area contributed by atoms with Crippen molar-refractivity contribution in [3.63, 3.8) is 0 Å². The normalized spacial score (nSPS) is 31.8. The lowest BCUT2D eigenvalue weighted by Gasteiger charge is -2.32. The average Bonchev–Trinajstić information content (AvgIpc) is 2.26. The topological polar surface area (TPSA) is 38.7 Å². The average molecular weight is 216 g/mol. The highest BCUT2D eigenvalue weighted by molar-refractivity contribution is 4.79. The Morgan fingerprint density at radius 2 is 2.07 bits per heavy atom. The summed E-state index contributed by atoms with van der Waals surface area (Å²) >= 11 is 0. The summed E-state index contributed by atoms with van der Waals surface area (Å²) in [5.74, 6) is 0.737.